The molecule has 6 nitrogen and oxygen atoms in total. The second-order valence-electron chi connectivity index (χ2n) is 4.06. The monoisotopic (exact) mass is 251 g/mol. The Balaban J connectivity index is 2.42. The van der Waals surface area contributed by atoms with Crippen LogP contribution < -0.4 is 4.74 Å². The lowest BCUT2D eigenvalue weighted by atomic mass is 10.0. The molecule has 1 aromatic carbocycles. The first-order valence-corrected chi connectivity index (χ1v) is 5.50. The smallest absolute Gasteiger partial charge is 0.407 e. The minimum atomic E-state index is -1.03. The maximum Gasteiger partial charge on any atom is 0.407 e. The van der Waals surface area contributed by atoms with Gasteiger partial charge in [-0.1, -0.05) is 6.07 Å². The first-order chi connectivity index (χ1) is 8.50. The molecule has 1 heterocycles. The highest BCUT2D eigenvalue weighted by Gasteiger charge is 2.26. The number of aromatic carboxylic acids is 1. The third-order valence-electron chi connectivity index (χ3n) is 3.01. The van der Waals surface area contributed by atoms with E-state index in [4.69, 9.17) is 14.9 Å². The molecule has 1 aliphatic heterocycles. The van der Waals surface area contributed by atoms with E-state index in [1.807, 2.05) is 0 Å². The molecule has 0 saturated heterocycles. The van der Waals surface area contributed by atoms with Crippen molar-refractivity contribution in [2.75, 3.05) is 13.2 Å². The molecule has 0 unspecified atom stereocenters. The van der Waals surface area contributed by atoms with E-state index >= 15 is 0 Å². The Morgan fingerprint density at radius 2 is 2.11 bits per heavy atom. The average Bonchev–Trinajstić information content (AvgIpc) is 2.48. The largest absolute Gasteiger partial charge is 0.491 e. The summed E-state index contributed by atoms with van der Waals surface area (Å²) in [5.41, 5.74) is 0.810. The summed E-state index contributed by atoms with van der Waals surface area (Å²) in [7, 11) is 0. The topological polar surface area (TPSA) is 87.1 Å². The van der Waals surface area contributed by atoms with Crippen LogP contribution in [-0.2, 0) is 0 Å². The number of carboxylic acid groups (broad SMARTS) is 2. The average molecular weight is 251 g/mol. The van der Waals surface area contributed by atoms with Crippen LogP contribution in [0, 0.1) is 0 Å². The molecule has 2 rings (SSSR count). The lowest BCUT2D eigenvalue weighted by molar-refractivity contribution is 0.0696. The van der Waals surface area contributed by atoms with Crippen molar-refractivity contribution in [3.05, 3.63) is 29.3 Å². The van der Waals surface area contributed by atoms with Crippen LogP contribution in [0.15, 0.2) is 18.2 Å². The quantitative estimate of drug-likeness (QED) is 0.794. The number of ether oxygens (including phenoxy) is 1. The molecule has 6 heteroatoms. The third-order valence-corrected chi connectivity index (χ3v) is 3.01. The first-order valence-electron chi connectivity index (χ1n) is 5.50. The van der Waals surface area contributed by atoms with Gasteiger partial charge in [-0.3, -0.25) is 4.90 Å². The van der Waals surface area contributed by atoms with Crippen LogP contribution in [0.25, 0.3) is 0 Å². The number of rotatable bonds is 1. The van der Waals surface area contributed by atoms with E-state index in [1.165, 1.54) is 17.0 Å². The fourth-order valence-electron chi connectivity index (χ4n) is 2.01. The van der Waals surface area contributed by atoms with E-state index in [0.29, 0.717) is 11.3 Å². The van der Waals surface area contributed by atoms with Gasteiger partial charge in [-0.15, -0.1) is 0 Å². The normalized spacial score (nSPS) is 18.5. The molecule has 0 aliphatic carbocycles. The van der Waals surface area contributed by atoms with Crippen molar-refractivity contribution < 1.29 is 24.5 Å². The molecule has 1 aromatic rings. The van der Waals surface area contributed by atoms with E-state index in [9.17, 15) is 9.59 Å². The fraction of sp³-hybridized carbons (Fsp3) is 0.333. The van der Waals surface area contributed by atoms with Gasteiger partial charge >= 0.3 is 12.1 Å². The molecule has 1 atom stereocenters. The lowest BCUT2D eigenvalue weighted by Gasteiger charge is -2.23. The molecule has 0 fully saturated rings. The van der Waals surface area contributed by atoms with E-state index in [-0.39, 0.29) is 24.8 Å². The number of fused-ring (bicyclic) bond motifs is 1. The van der Waals surface area contributed by atoms with Crippen LogP contribution in [0.4, 0.5) is 4.79 Å². The summed E-state index contributed by atoms with van der Waals surface area (Å²) in [6.07, 6.45) is -1.01. The number of hydrogen-bond donors (Lipinski definition) is 2. The van der Waals surface area contributed by atoms with Gasteiger partial charge in [-0.2, -0.15) is 0 Å². The molecule has 0 radical (unpaired) electrons. The van der Waals surface area contributed by atoms with E-state index in [2.05, 4.69) is 0 Å². The predicted molar refractivity (Wildman–Crippen MR) is 62.0 cm³/mol. The van der Waals surface area contributed by atoms with E-state index < -0.39 is 12.1 Å². The summed E-state index contributed by atoms with van der Waals surface area (Å²) in [6, 6.07) is 4.12. The van der Waals surface area contributed by atoms with Gasteiger partial charge in [0, 0.05) is 5.56 Å². The van der Waals surface area contributed by atoms with Gasteiger partial charge in [0.1, 0.15) is 12.4 Å². The zero-order valence-corrected chi connectivity index (χ0v) is 9.79. The summed E-state index contributed by atoms with van der Waals surface area (Å²) in [5, 5.41) is 18.0. The van der Waals surface area contributed by atoms with Crippen molar-refractivity contribution in [3.8, 4) is 5.75 Å². The SMILES string of the molecule is C[C@H]1c2ccc(C(=O)O)cc2OCCN1C(=O)O. The minimum Gasteiger partial charge on any atom is -0.491 e. The van der Waals surface area contributed by atoms with Crippen molar-refractivity contribution in [2.45, 2.75) is 13.0 Å². The number of nitrogens with zero attached hydrogens (tertiary/aromatic N) is 1. The van der Waals surface area contributed by atoms with Gasteiger partial charge in [0.25, 0.3) is 0 Å². The van der Waals surface area contributed by atoms with Crippen molar-refractivity contribution in [2.24, 2.45) is 0 Å². The summed E-state index contributed by atoms with van der Waals surface area (Å²) in [4.78, 5) is 23.2. The predicted octanol–water partition coefficient (Wildman–Crippen LogP) is 1.82. The van der Waals surface area contributed by atoms with Crippen LogP contribution in [-0.4, -0.2) is 40.3 Å². The van der Waals surface area contributed by atoms with Crippen LogP contribution in [0.3, 0.4) is 0 Å². The summed E-state index contributed by atoms with van der Waals surface area (Å²) < 4.78 is 5.42. The molecular weight excluding hydrogens is 238 g/mol. The molecule has 2 N–H and O–H groups in total. The Morgan fingerprint density at radius 1 is 1.39 bits per heavy atom. The van der Waals surface area contributed by atoms with Gasteiger partial charge in [0.2, 0.25) is 0 Å². The van der Waals surface area contributed by atoms with Crippen LogP contribution in [0.5, 0.6) is 5.75 Å². The lowest BCUT2D eigenvalue weighted by Crippen LogP contribution is -2.33. The highest BCUT2D eigenvalue weighted by molar-refractivity contribution is 5.88. The van der Waals surface area contributed by atoms with Crippen LogP contribution in [0.1, 0.15) is 28.9 Å². The molecular formula is C12H13NO5. The molecule has 0 saturated carbocycles. The molecule has 96 valence electrons. The minimum absolute atomic E-state index is 0.129. The second-order valence-corrected chi connectivity index (χ2v) is 4.06. The van der Waals surface area contributed by atoms with Crippen molar-refractivity contribution in [1.82, 2.24) is 4.90 Å². The Labute approximate surface area is 103 Å². The van der Waals surface area contributed by atoms with Crippen molar-refractivity contribution in [3.63, 3.8) is 0 Å². The van der Waals surface area contributed by atoms with Crippen molar-refractivity contribution >= 4 is 12.1 Å². The molecule has 0 aromatic heterocycles. The van der Waals surface area contributed by atoms with Gasteiger partial charge in [-0.05, 0) is 19.1 Å². The highest BCUT2D eigenvalue weighted by Crippen LogP contribution is 2.32. The Kier molecular flexibility index (Phi) is 3.10. The van der Waals surface area contributed by atoms with Crippen molar-refractivity contribution in [1.29, 1.82) is 0 Å². The summed E-state index contributed by atoms with van der Waals surface area (Å²) >= 11 is 0. The number of carboxylic acids is 1. The van der Waals surface area contributed by atoms with E-state index in [0.717, 1.165) is 0 Å². The number of hydrogen-bond acceptors (Lipinski definition) is 3. The standard InChI is InChI=1S/C12H13NO5/c1-7-9-3-2-8(11(14)15)6-10(9)18-5-4-13(7)12(16)17/h2-3,6-7H,4-5H2,1H3,(H,14,15)(H,16,17)/t7-/m0/s1. The Morgan fingerprint density at radius 3 is 2.72 bits per heavy atom. The maximum absolute atomic E-state index is 11.1. The molecule has 0 spiro atoms. The second kappa shape index (κ2) is 4.56. The number of carbonyl (C=O) groups is 2. The molecule has 18 heavy (non-hydrogen) atoms. The number of benzene rings is 1. The molecule has 1 aliphatic rings. The van der Waals surface area contributed by atoms with Gasteiger partial charge in [0.05, 0.1) is 18.2 Å². The summed E-state index contributed by atoms with van der Waals surface area (Å²) in [5.74, 6) is -0.598. The Bertz CT molecular complexity index is 499. The van der Waals surface area contributed by atoms with Gasteiger partial charge in [0.15, 0.2) is 0 Å². The number of amides is 1. The highest BCUT2D eigenvalue weighted by atomic mass is 16.5. The van der Waals surface area contributed by atoms with Gasteiger partial charge in [-0.25, -0.2) is 9.59 Å². The van der Waals surface area contributed by atoms with Gasteiger partial charge < -0.3 is 14.9 Å². The zero-order valence-electron chi connectivity index (χ0n) is 9.79. The maximum atomic E-state index is 11.1. The zero-order chi connectivity index (χ0) is 13.3. The first kappa shape index (κ1) is 12.2. The van der Waals surface area contributed by atoms with Crippen LogP contribution in [0.2, 0.25) is 0 Å². The molecule has 1 amide bonds. The van der Waals surface area contributed by atoms with Crippen LogP contribution >= 0.6 is 0 Å². The Hall–Kier alpha value is -2.24. The molecule has 0 bridgehead atoms. The summed E-state index contributed by atoms with van der Waals surface area (Å²) in [6.45, 7) is 2.22. The fourth-order valence-corrected chi connectivity index (χ4v) is 2.01. The van der Waals surface area contributed by atoms with E-state index in [1.54, 1.807) is 13.0 Å². The third kappa shape index (κ3) is 2.09.